The number of carbonyl (C=O) groups excluding carboxylic acids is 4. The van der Waals surface area contributed by atoms with Gasteiger partial charge in [0.2, 0.25) is 0 Å². The van der Waals surface area contributed by atoms with Crippen LogP contribution in [0.2, 0.25) is 0 Å². The molecule has 10 aromatic rings. The molecule has 68 heavy (non-hydrogen) atoms. The van der Waals surface area contributed by atoms with Crippen molar-refractivity contribution in [3.63, 3.8) is 0 Å². The van der Waals surface area contributed by atoms with Crippen LogP contribution in [0.3, 0.4) is 0 Å². The van der Waals surface area contributed by atoms with Crippen LogP contribution in [0.5, 0.6) is 23.0 Å². The molecule has 326 valence electrons. The van der Waals surface area contributed by atoms with Crippen molar-refractivity contribution in [2.24, 2.45) is 0 Å². The molecule has 0 spiro atoms. The highest BCUT2D eigenvalue weighted by molar-refractivity contribution is 6.15. The molecule has 6 nitrogen and oxygen atoms in total. The van der Waals surface area contributed by atoms with Crippen molar-refractivity contribution < 1.29 is 37.4 Å². The molecule has 0 aromatic heterocycles. The van der Waals surface area contributed by atoms with Crippen LogP contribution >= 0.6 is 0 Å². The number of benzene rings is 10. The average Bonchev–Trinajstić information content (AvgIpc) is 3.39. The number of hydrogen-bond donors (Lipinski definition) is 0. The molecule has 10 rings (SSSR count). The molecule has 0 N–H and O–H groups in total. The maximum atomic E-state index is 13.7. The first-order valence-electron chi connectivity index (χ1n) is 21.7. The van der Waals surface area contributed by atoms with Gasteiger partial charge in [-0.1, -0.05) is 97.1 Å². The Labute approximate surface area is 389 Å². The van der Waals surface area contributed by atoms with E-state index in [2.05, 4.69) is 0 Å². The van der Waals surface area contributed by atoms with Gasteiger partial charge in [-0.3, -0.25) is 19.2 Å². The lowest BCUT2D eigenvalue weighted by atomic mass is 9.92. The third-order valence-electron chi connectivity index (χ3n) is 11.7. The lowest BCUT2D eigenvalue weighted by Gasteiger charge is -2.20. The summed E-state index contributed by atoms with van der Waals surface area (Å²) in [5.74, 6) is -0.0587. The van der Waals surface area contributed by atoms with Gasteiger partial charge in [0, 0.05) is 55.6 Å². The van der Waals surface area contributed by atoms with Gasteiger partial charge in [-0.05, 0) is 143 Å². The van der Waals surface area contributed by atoms with Crippen LogP contribution in [0.1, 0.15) is 63.7 Å². The number of fused-ring (bicyclic) bond motifs is 2. The summed E-state index contributed by atoms with van der Waals surface area (Å²) in [4.78, 5) is 53.7. The van der Waals surface area contributed by atoms with Crippen LogP contribution in [0.15, 0.2) is 218 Å². The Morgan fingerprint density at radius 1 is 0.294 bits per heavy atom. The second-order valence-electron chi connectivity index (χ2n) is 16.1. The normalized spacial score (nSPS) is 11.0. The van der Waals surface area contributed by atoms with Crippen LogP contribution < -0.4 is 9.47 Å². The topological polar surface area (TPSA) is 86.7 Å². The summed E-state index contributed by atoms with van der Waals surface area (Å²) in [6.07, 6.45) is 0. The minimum Gasteiger partial charge on any atom is -0.457 e. The van der Waals surface area contributed by atoms with Crippen molar-refractivity contribution in [2.45, 2.75) is 0 Å². The zero-order chi connectivity index (χ0) is 46.7. The zero-order valence-corrected chi connectivity index (χ0v) is 36.0. The van der Waals surface area contributed by atoms with E-state index in [1.165, 1.54) is 48.5 Å². The van der Waals surface area contributed by atoms with Crippen LogP contribution in [0.4, 0.5) is 8.78 Å². The Morgan fingerprint density at radius 2 is 0.603 bits per heavy atom. The molecule has 0 unspecified atom stereocenters. The first kappa shape index (κ1) is 42.8. The first-order chi connectivity index (χ1) is 33.2. The lowest BCUT2D eigenvalue weighted by molar-refractivity contribution is 0.102. The molecule has 0 aliphatic carbocycles. The Hall–Kier alpha value is -9.14. The van der Waals surface area contributed by atoms with E-state index in [0.717, 1.165) is 32.7 Å². The molecule has 0 radical (unpaired) electrons. The Balaban J connectivity index is 0.944. The number of rotatable bonds is 13. The lowest BCUT2D eigenvalue weighted by Crippen LogP contribution is -2.06. The van der Waals surface area contributed by atoms with E-state index < -0.39 is 11.6 Å². The predicted molar refractivity (Wildman–Crippen MR) is 259 cm³/mol. The highest BCUT2D eigenvalue weighted by atomic mass is 19.1. The Morgan fingerprint density at radius 3 is 0.941 bits per heavy atom. The molecule has 0 atom stereocenters. The molecule has 10 aromatic carbocycles. The third kappa shape index (κ3) is 8.69. The summed E-state index contributed by atoms with van der Waals surface area (Å²) in [5.41, 5.74) is 4.26. The van der Waals surface area contributed by atoms with Gasteiger partial charge in [0.1, 0.15) is 34.6 Å². The fourth-order valence-corrected chi connectivity index (χ4v) is 8.26. The molecule has 0 saturated heterocycles. The zero-order valence-electron chi connectivity index (χ0n) is 36.0. The van der Waals surface area contributed by atoms with E-state index >= 15 is 0 Å². The van der Waals surface area contributed by atoms with Crippen molar-refractivity contribution in [2.75, 3.05) is 0 Å². The van der Waals surface area contributed by atoms with Gasteiger partial charge in [-0.25, -0.2) is 8.78 Å². The standard InChI is InChI=1S/C60H36F2O6/c61-47-25-15-39(16-26-47)57(63)43-9-5-11-45(35-43)59(65)41-19-29-49(30-20-41)67-53-33-23-37-7-1-3-13-51(37)55(53)56-52-14-4-2-8-38(52)24-34-54(56)68-50-31-21-42(22-32-50)60(66)46-12-6-10-44(36-46)58(64)40-17-27-48(62)28-18-40/h1-36H. The van der Waals surface area contributed by atoms with Crippen molar-refractivity contribution in [3.05, 3.63) is 275 Å². The van der Waals surface area contributed by atoms with E-state index in [-0.39, 0.29) is 23.1 Å². The summed E-state index contributed by atoms with van der Waals surface area (Å²) in [7, 11) is 0. The van der Waals surface area contributed by atoms with Crippen LogP contribution in [0.25, 0.3) is 32.7 Å². The van der Waals surface area contributed by atoms with Crippen LogP contribution in [0, 0.1) is 11.6 Å². The second kappa shape index (κ2) is 18.4. The molecule has 0 heterocycles. The van der Waals surface area contributed by atoms with Gasteiger partial charge in [0.15, 0.2) is 23.1 Å². The Kier molecular flexibility index (Phi) is 11.6. The molecule has 0 bridgehead atoms. The van der Waals surface area contributed by atoms with Gasteiger partial charge >= 0.3 is 0 Å². The van der Waals surface area contributed by atoms with Crippen molar-refractivity contribution in [1.82, 2.24) is 0 Å². The SMILES string of the molecule is O=C(c1ccc(F)cc1)c1cccc(C(=O)c2ccc(Oc3ccc4ccccc4c3-c3c(Oc4ccc(C(=O)c5cccc(C(=O)c6ccc(F)cc6)c5)cc4)ccc4ccccc34)cc2)c1. The minimum atomic E-state index is -0.445. The summed E-state index contributed by atoms with van der Waals surface area (Å²) in [5, 5.41) is 3.77. The van der Waals surface area contributed by atoms with E-state index in [1.54, 1.807) is 97.1 Å². The number of hydrogen-bond acceptors (Lipinski definition) is 6. The van der Waals surface area contributed by atoms with E-state index in [1.807, 2.05) is 72.8 Å². The fourth-order valence-electron chi connectivity index (χ4n) is 8.26. The number of carbonyl (C=O) groups is 4. The predicted octanol–water partition coefficient (Wildman–Crippen LogP) is 14.4. The van der Waals surface area contributed by atoms with Gasteiger partial charge in [-0.15, -0.1) is 0 Å². The first-order valence-corrected chi connectivity index (χ1v) is 21.7. The summed E-state index contributed by atoms with van der Waals surface area (Å²) in [6.45, 7) is 0. The number of ketones is 4. The van der Waals surface area contributed by atoms with Crippen molar-refractivity contribution >= 4 is 44.7 Å². The number of halogens is 2. The van der Waals surface area contributed by atoms with E-state index in [0.29, 0.717) is 67.5 Å². The summed E-state index contributed by atoms with van der Waals surface area (Å²) in [6, 6.07) is 60.9. The van der Waals surface area contributed by atoms with Crippen LogP contribution in [-0.4, -0.2) is 23.1 Å². The number of ether oxygens (including phenoxy) is 2. The smallest absolute Gasteiger partial charge is 0.193 e. The van der Waals surface area contributed by atoms with Crippen LogP contribution in [-0.2, 0) is 0 Å². The third-order valence-corrected chi connectivity index (χ3v) is 11.7. The summed E-state index contributed by atoms with van der Waals surface area (Å²) >= 11 is 0. The summed E-state index contributed by atoms with van der Waals surface area (Å²) < 4.78 is 40.4. The molecule has 0 amide bonds. The average molecular weight is 891 g/mol. The highest BCUT2D eigenvalue weighted by Crippen LogP contribution is 2.47. The van der Waals surface area contributed by atoms with Crippen molar-refractivity contribution in [3.8, 4) is 34.1 Å². The van der Waals surface area contributed by atoms with Gasteiger partial charge in [-0.2, -0.15) is 0 Å². The quantitative estimate of drug-likeness (QED) is 0.107. The molecular weight excluding hydrogens is 855 g/mol. The fraction of sp³-hybridized carbons (Fsp3) is 0. The van der Waals surface area contributed by atoms with Gasteiger partial charge < -0.3 is 9.47 Å². The van der Waals surface area contributed by atoms with Gasteiger partial charge in [0.25, 0.3) is 0 Å². The maximum absolute atomic E-state index is 13.7. The molecule has 8 heteroatoms. The molecule has 0 fully saturated rings. The molecule has 0 saturated carbocycles. The van der Waals surface area contributed by atoms with Crippen molar-refractivity contribution in [1.29, 1.82) is 0 Å². The molecular formula is C60H36F2O6. The largest absolute Gasteiger partial charge is 0.457 e. The van der Waals surface area contributed by atoms with Gasteiger partial charge in [0.05, 0.1) is 0 Å². The van der Waals surface area contributed by atoms with E-state index in [9.17, 15) is 28.0 Å². The monoisotopic (exact) mass is 890 g/mol. The second-order valence-corrected chi connectivity index (χ2v) is 16.1. The minimum absolute atomic E-state index is 0.282. The highest BCUT2D eigenvalue weighted by Gasteiger charge is 2.22. The molecule has 0 aliphatic rings. The molecule has 0 aliphatic heterocycles. The maximum Gasteiger partial charge on any atom is 0.193 e. The van der Waals surface area contributed by atoms with E-state index in [4.69, 9.17) is 9.47 Å². The Bertz CT molecular complexity index is 3340.